The largest absolute Gasteiger partial charge is 0.486 e. The van der Waals surface area contributed by atoms with Crippen molar-refractivity contribution in [3.8, 4) is 40.1 Å². The molecule has 0 amide bonds. The smallest absolute Gasteiger partial charge is 0.270 e. The number of Topliss-reactive ketones (excluding diaryl/α,β-unsaturated/α-hetero) is 4. The molecule has 0 N–H and O–H groups in total. The summed E-state index contributed by atoms with van der Waals surface area (Å²) in [4.78, 5) is 57.3. The molecule has 0 saturated heterocycles. The standard InChI is InChI=1S/C25H24FNO5S.C25H24N4O4S.C24H24N4O3S2.C23H22N4O4S2/c1-18(28)5-6-19-3-2-4-20(13-19)15-27(33(29,30)23-10-8-22(26)9-11-23)16-21-7-12-24-25(14-21)32-17-31-24;1-20(30)19-33-24-7-4-6-22(16-24)18-28(34(31,32)25-8-2-3-13-26-25)17-21-9-11-23(12-10-21)29-15-5-14-27-29;1-19(29)6-7-20-4-2-5-22(16-20)18-27(33(30,31)24-25-13-15-32-24)17-21-8-10-23(11-9-21)28-14-3-12-26-28;1-18(28)17-31-22-5-2-4-20(14-22)16-26(33(29,30)23-24-11-13-32-23)15-19-6-8-21(9-7-19)27-12-3-10-25-27/h2-4,7-14H,5-6,15-17H2,1H3;2-16H,17-19H2,1H3;2-5,8-16H,6-7,17-18H2,1H3;2-14H,15-17H2,1H3. The maximum atomic E-state index is 13.5. The Balaban J connectivity index is 0.000000151. The van der Waals surface area contributed by atoms with E-state index in [0.29, 0.717) is 48.7 Å². The van der Waals surface area contributed by atoms with Crippen molar-refractivity contribution in [1.82, 2.24) is 61.5 Å². The van der Waals surface area contributed by atoms with E-state index in [0.717, 1.165) is 108 Å². The summed E-state index contributed by atoms with van der Waals surface area (Å²) in [6.07, 6.45) is 17.2. The summed E-state index contributed by atoms with van der Waals surface area (Å²) in [6, 6.07) is 72.6. The van der Waals surface area contributed by atoms with Crippen LogP contribution in [0.2, 0.25) is 0 Å². The fourth-order valence-corrected chi connectivity index (χ4v) is 21.2. The van der Waals surface area contributed by atoms with Crippen LogP contribution in [0.5, 0.6) is 23.0 Å². The van der Waals surface area contributed by atoms with E-state index in [-0.39, 0.29) is 114 Å². The van der Waals surface area contributed by atoms with Gasteiger partial charge in [-0.1, -0.05) is 121 Å². The van der Waals surface area contributed by atoms with Gasteiger partial charge in [0.1, 0.15) is 42.1 Å². The van der Waals surface area contributed by atoms with Gasteiger partial charge in [0.15, 0.2) is 28.1 Å². The second-order valence-corrected chi connectivity index (χ2v) is 40.5. The Morgan fingerprint density at radius 3 is 1.10 bits per heavy atom. The Bertz CT molecular complexity index is 6650. The lowest BCUT2D eigenvalue weighted by Crippen LogP contribution is -2.31. The van der Waals surface area contributed by atoms with Crippen molar-refractivity contribution >= 4 is 85.9 Å². The van der Waals surface area contributed by atoms with Crippen LogP contribution < -0.4 is 18.9 Å². The van der Waals surface area contributed by atoms with E-state index in [1.807, 2.05) is 170 Å². The monoisotopic (exact) mass is 1910 g/mol. The van der Waals surface area contributed by atoms with Crippen molar-refractivity contribution in [3.05, 3.63) is 377 Å². The van der Waals surface area contributed by atoms with E-state index in [2.05, 4.69) is 30.2 Å². The van der Waals surface area contributed by atoms with Crippen LogP contribution in [0.25, 0.3) is 17.1 Å². The van der Waals surface area contributed by atoms with Gasteiger partial charge in [0.05, 0.1) is 22.0 Å². The minimum absolute atomic E-state index is 0.0115. The number of nitrogens with zero attached hydrogens (tertiary/aromatic N) is 13. The first kappa shape index (κ1) is 97.0. The van der Waals surface area contributed by atoms with Gasteiger partial charge in [-0.25, -0.2) is 67.1 Å². The predicted octanol–water partition coefficient (Wildman–Crippen LogP) is 16.0. The SMILES string of the molecule is CC(=O)CCc1cccc(CN(Cc2ccc(-n3cccn3)cc2)S(=O)(=O)c2nccs2)c1.CC(=O)CCc1cccc(CN(Cc2ccc3c(c2)OCO3)S(=O)(=O)c2ccc(F)cc2)c1.CC(=O)COc1cccc(CN(Cc2ccc(-n3cccn3)cc2)S(=O)(=O)c2ccccn2)c1.CC(=O)COc1cccc(CN(Cc2ccc(-n3cccn3)cc2)S(=O)(=O)c2nccs2)c1. The number of thiazole rings is 2. The average molecular weight is 1910 g/mol. The number of hydrogen-bond donors (Lipinski definition) is 0. The summed E-state index contributed by atoms with van der Waals surface area (Å²) < 4.78 is 153. The maximum Gasteiger partial charge on any atom is 0.270 e. The highest BCUT2D eigenvalue weighted by Gasteiger charge is 2.32. The Kier molecular flexibility index (Phi) is 33.6. The third-order valence-electron chi connectivity index (χ3n) is 20.3. The van der Waals surface area contributed by atoms with Crippen molar-refractivity contribution in [3.63, 3.8) is 0 Å². The molecule has 7 heterocycles. The van der Waals surface area contributed by atoms with Crippen LogP contribution in [-0.2, 0) is 124 Å². The van der Waals surface area contributed by atoms with Gasteiger partial charge in [-0.3, -0.25) is 9.59 Å². The molecular formula is C97H94FN13O16S6. The normalized spacial score (nSPS) is 11.9. The highest BCUT2D eigenvalue weighted by atomic mass is 32.3. The molecule has 29 nitrogen and oxygen atoms in total. The fourth-order valence-electron chi connectivity index (χ4n) is 13.6. The van der Waals surface area contributed by atoms with E-state index >= 15 is 0 Å². The highest BCUT2D eigenvalue weighted by molar-refractivity contribution is 7.91. The molecule has 0 spiro atoms. The second kappa shape index (κ2) is 46.0. The Hall–Kier alpha value is -13.5. The first-order valence-corrected chi connectivity index (χ1v) is 49.3. The first-order valence-electron chi connectivity index (χ1n) is 41.7. The number of hydrogen-bond acceptors (Lipinski definition) is 24. The fraction of sp³-hybridized carbons (Fsp3) is 0.196. The van der Waals surface area contributed by atoms with E-state index in [4.69, 9.17) is 18.9 Å². The molecule has 1 aliphatic heterocycles. The minimum Gasteiger partial charge on any atom is -0.486 e. The average Bonchev–Trinajstić information content (AvgIpc) is 1.79. The molecule has 9 aromatic carbocycles. The number of benzene rings is 9. The van der Waals surface area contributed by atoms with Crippen molar-refractivity contribution in [1.29, 1.82) is 0 Å². The van der Waals surface area contributed by atoms with Crippen LogP contribution in [-0.4, -0.2) is 138 Å². The quantitative estimate of drug-likeness (QED) is 0.0345. The number of pyridine rings is 1. The van der Waals surface area contributed by atoms with Crippen LogP contribution in [0, 0.1) is 5.82 Å². The summed E-state index contributed by atoms with van der Waals surface area (Å²) in [5, 5.41) is 15.9. The minimum atomic E-state index is -3.93. The Morgan fingerprint density at radius 1 is 0.353 bits per heavy atom. The first-order chi connectivity index (χ1) is 64.0. The zero-order valence-electron chi connectivity index (χ0n) is 72.8. The van der Waals surface area contributed by atoms with E-state index in [1.165, 1.54) is 67.9 Å². The molecule has 0 unspecified atom stereocenters. The Morgan fingerprint density at radius 2 is 0.722 bits per heavy atom. The molecule has 686 valence electrons. The number of ether oxygens (including phenoxy) is 4. The van der Waals surface area contributed by atoms with Crippen LogP contribution in [0.3, 0.4) is 0 Å². The van der Waals surface area contributed by atoms with Crippen molar-refractivity contribution in [2.75, 3.05) is 20.0 Å². The molecule has 6 aromatic heterocycles. The second-order valence-electron chi connectivity index (χ2n) is 30.7. The van der Waals surface area contributed by atoms with Gasteiger partial charge < -0.3 is 28.5 Å². The molecule has 0 aliphatic carbocycles. The number of carbonyl (C=O) groups excluding carboxylic acids is 4. The molecule has 0 radical (unpaired) electrons. The zero-order valence-corrected chi connectivity index (χ0v) is 77.7. The maximum absolute atomic E-state index is 13.5. The predicted molar refractivity (Wildman–Crippen MR) is 500 cm³/mol. The number of sulfonamides is 4. The van der Waals surface area contributed by atoms with Gasteiger partial charge in [-0.15, -0.1) is 22.7 Å². The summed E-state index contributed by atoms with van der Waals surface area (Å²) in [5.41, 5.74) is 11.0. The molecule has 0 fully saturated rings. The molecular weight excluding hydrogens is 1810 g/mol. The lowest BCUT2D eigenvalue weighted by Gasteiger charge is -2.23. The van der Waals surface area contributed by atoms with Gasteiger partial charge in [0.2, 0.25) is 25.5 Å². The van der Waals surface area contributed by atoms with E-state index in [1.54, 1.807) is 124 Å². The molecule has 0 bridgehead atoms. The summed E-state index contributed by atoms with van der Waals surface area (Å²) in [5.74, 6) is 1.74. The topological polar surface area (TPSA) is 347 Å². The third-order valence-corrected chi connectivity index (χ3v) is 29.7. The van der Waals surface area contributed by atoms with Gasteiger partial charge in [-0.2, -0.15) is 32.5 Å². The van der Waals surface area contributed by atoms with Crippen molar-refractivity contribution in [2.45, 2.75) is 124 Å². The number of carbonyl (C=O) groups is 4. The lowest BCUT2D eigenvalue weighted by atomic mass is 10.1. The molecule has 36 heteroatoms. The molecule has 1 aliphatic rings. The number of aromatic nitrogens is 9. The van der Waals surface area contributed by atoms with Crippen LogP contribution in [0.15, 0.2) is 334 Å². The third kappa shape index (κ3) is 27.8. The Labute approximate surface area is 779 Å². The van der Waals surface area contributed by atoms with Gasteiger partial charge >= 0.3 is 0 Å². The van der Waals surface area contributed by atoms with E-state index < -0.39 is 45.9 Å². The van der Waals surface area contributed by atoms with Crippen LogP contribution in [0.4, 0.5) is 4.39 Å². The summed E-state index contributed by atoms with van der Waals surface area (Å²) in [7, 11) is -15.4. The van der Waals surface area contributed by atoms with Gasteiger partial charge in [0.25, 0.3) is 30.1 Å². The van der Waals surface area contributed by atoms with E-state index in [9.17, 15) is 57.2 Å². The number of halogens is 1. The molecule has 0 saturated carbocycles. The summed E-state index contributed by atoms with van der Waals surface area (Å²) >= 11 is 2.18. The molecule has 0 atom stereocenters. The molecule has 15 aromatic rings. The molecule has 16 rings (SSSR count). The highest BCUT2D eigenvalue weighted by Crippen LogP contribution is 2.35. The number of aryl methyl sites for hydroxylation is 2. The van der Waals surface area contributed by atoms with Crippen LogP contribution in [0.1, 0.15) is 96.2 Å². The number of rotatable bonds is 39. The zero-order chi connectivity index (χ0) is 93.9. The number of fused-ring (bicyclic) bond motifs is 1. The van der Waals surface area contributed by atoms with Crippen molar-refractivity contribution < 1.29 is 76.2 Å². The van der Waals surface area contributed by atoms with Crippen molar-refractivity contribution in [2.24, 2.45) is 0 Å². The van der Waals surface area contributed by atoms with Crippen LogP contribution >= 0.6 is 22.7 Å². The summed E-state index contributed by atoms with van der Waals surface area (Å²) in [6.45, 7) is 7.24. The molecule has 133 heavy (non-hydrogen) atoms. The van der Waals surface area contributed by atoms with Gasteiger partial charge in [-0.05, 0) is 224 Å². The number of ketones is 4. The lowest BCUT2D eigenvalue weighted by molar-refractivity contribution is -0.119. The van der Waals surface area contributed by atoms with Gasteiger partial charge in [0, 0.05) is 132 Å².